The SMILES string of the molecule is COc1cccc(C(=O)N(CC(=O)Nc2cc(-c3ccccc3)nn2-c2ccc(F)cc2)C(C)C)c1. The Balaban J connectivity index is 1.60. The van der Waals surface area contributed by atoms with E-state index in [1.807, 2.05) is 44.2 Å². The van der Waals surface area contributed by atoms with Crippen LogP contribution in [-0.2, 0) is 4.79 Å². The van der Waals surface area contributed by atoms with Gasteiger partial charge in [-0.3, -0.25) is 9.59 Å². The lowest BCUT2D eigenvalue weighted by Gasteiger charge is -2.26. The second-order valence-electron chi connectivity index (χ2n) is 8.48. The van der Waals surface area contributed by atoms with E-state index in [9.17, 15) is 14.0 Å². The molecule has 3 aromatic carbocycles. The minimum atomic E-state index is -0.386. The summed E-state index contributed by atoms with van der Waals surface area (Å²) in [5.74, 6) is -0.0732. The maximum absolute atomic E-state index is 13.5. The second-order valence-corrected chi connectivity index (χ2v) is 8.48. The molecule has 0 aliphatic carbocycles. The van der Waals surface area contributed by atoms with Crippen LogP contribution in [0.1, 0.15) is 24.2 Å². The normalized spacial score (nSPS) is 10.8. The van der Waals surface area contributed by atoms with Crippen LogP contribution in [-0.4, -0.2) is 46.2 Å². The van der Waals surface area contributed by atoms with Crippen molar-refractivity contribution >= 4 is 17.6 Å². The molecule has 0 spiro atoms. The van der Waals surface area contributed by atoms with Crippen LogP contribution in [0, 0.1) is 5.82 Å². The third-order valence-electron chi connectivity index (χ3n) is 5.63. The number of anilines is 1. The number of ether oxygens (including phenoxy) is 1. The summed E-state index contributed by atoms with van der Waals surface area (Å²) in [5.41, 5.74) is 2.52. The molecule has 36 heavy (non-hydrogen) atoms. The molecule has 0 aliphatic heterocycles. The molecule has 0 aliphatic rings. The van der Waals surface area contributed by atoms with Gasteiger partial charge >= 0.3 is 0 Å². The Labute approximate surface area is 209 Å². The number of carbonyl (C=O) groups excluding carboxylic acids is 2. The van der Waals surface area contributed by atoms with E-state index in [1.165, 1.54) is 24.1 Å². The summed E-state index contributed by atoms with van der Waals surface area (Å²) in [4.78, 5) is 27.8. The first kappa shape index (κ1) is 24.7. The zero-order valence-corrected chi connectivity index (χ0v) is 20.3. The molecule has 2 amide bonds. The van der Waals surface area contributed by atoms with Crippen molar-refractivity contribution in [1.82, 2.24) is 14.7 Å². The largest absolute Gasteiger partial charge is 0.497 e. The lowest BCUT2D eigenvalue weighted by Crippen LogP contribution is -2.42. The van der Waals surface area contributed by atoms with Gasteiger partial charge in [0.15, 0.2) is 0 Å². The minimum Gasteiger partial charge on any atom is -0.497 e. The van der Waals surface area contributed by atoms with Gasteiger partial charge in [-0.15, -0.1) is 0 Å². The lowest BCUT2D eigenvalue weighted by atomic mass is 10.1. The fourth-order valence-electron chi connectivity index (χ4n) is 3.75. The molecular formula is C28H27FN4O3. The van der Waals surface area contributed by atoms with Crippen molar-refractivity contribution in [2.75, 3.05) is 19.0 Å². The Morgan fingerprint density at radius 1 is 1.00 bits per heavy atom. The van der Waals surface area contributed by atoms with E-state index in [1.54, 1.807) is 47.1 Å². The highest BCUT2D eigenvalue weighted by atomic mass is 19.1. The molecule has 0 saturated heterocycles. The van der Waals surface area contributed by atoms with Gasteiger partial charge in [0.1, 0.15) is 23.9 Å². The van der Waals surface area contributed by atoms with Gasteiger partial charge in [-0.1, -0.05) is 36.4 Å². The molecule has 1 N–H and O–H groups in total. The summed E-state index contributed by atoms with van der Waals surface area (Å²) in [6.07, 6.45) is 0. The van der Waals surface area contributed by atoms with E-state index in [0.717, 1.165) is 5.56 Å². The first-order valence-corrected chi connectivity index (χ1v) is 11.5. The molecule has 184 valence electrons. The highest BCUT2D eigenvalue weighted by Crippen LogP contribution is 2.25. The Morgan fingerprint density at radius 3 is 2.39 bits per heavy atom. The quantitative estimate of drug-likeness (QED) is 0.373. The summed E-state index contributed by atoms with van der Waals surface area (Å²) >= 11 is 0. The van der Waals surface area contributed by atoms with Gasteiger partial charge in [0.2, 0.25) is 5.91 Å². The van der Waals surface area contributed by atoms with Crippen molar-refractivity contribution in [3.63, 3.8) is 0 Å². The maximum Gasteiger partial charge on any atom is 0.254 e. The van der Waals surface area contributed by atoms with Gasteiger partial charge in [0.05, 0.1) is 18.5 Å². The molecule has 8 heteroatoms. The maximum atomic E-state index is 13.5. The zero-order valence-electron chi connectivity index (χ0n) is 20.3. The summed E-state index contributed by atoms with van der Waals surface area (Å²) < 4.78 is 20.3. The van der Waals surface area contributed by atoms with Gasteiger partial charge in [0, 0.05) is 23.2 Å². The zero-order chi connectivity index (χ0) is 25.7. The standard InChI is InChI=1S/C28H27FN4O3/c1-19(2)32(28(35)21-10-7-11-24(16-21)36-3)18-27(34)30-26-17-25(20-8-5-4-6-9-20)31-33(26)23-14-12-22(29)13-15-23/h4-17,19H,18H2,1-3H3,(H,30,34). The molecular weight excluding hydrogens is 459 g/mol. The minimum absolute atomic E-state index is 0.164. The topological polar surface area (TPSA) is 76.5 Å². The third kappa shape index (κ3) is 5.60. The van der Waals surface area contributed by atoms with E-state index in [4.69, 9.17) is 4.74 Å². The van der Waals surface area contributed by atoms with Gasteiger partial charge in [-0.05, 0) is 56.3 Å². The highest BCUT2D eigenvalue weighted by Gasteiger charge is 2.23. The van der Waals surface area contributed by atoms with E-state index in [0.29, 0.717) is 28.5 Å². The number of nitrogens with one attached hydrogen (secondary N) is 1. The van der Waals surface area contributed by atoms with E-state index in [2.05, 4.69) is 10.4 Å². The van der Waals surface area contributed by atoms with Crippen molar-refractivity contribution in [3.8, 4) is 22.7 Å². The molecule has 0 atom stereocenters. The number of rotatable bonds is 8. The average Bonchev–Trinajstić information content (AvgIpc) is 3.31. The van der Waals surface area contributed by atoms with Crippen molar-refractivity contribution in [3.05, 3.63) is 96.3 Å². The first-order chi connectivity index (χ1) is 17.4. The Morgan fingerprint density at radius 2 is 1.72 bits per heavy atom. The Hall–Kier alpha value is -4.46. The van der Waals surface area contributed by atoms with Gasteiger partial charge in [-0.2, -0.15) is 5.10 Å². The van der Waals surface area contributed by atoms with Crippen LogP contribution >= 0.6 is 0 Å². The molecule has 0 saturated carbocycles. The molecule has 0 bridgehead atoms. The van der Waals surface area contributed by atoms with E-state index >= 15 is 0 Å². The fraction of sp³-hybridized carbons (Fsp3) is 0.179. The number of benzene rings is 3. The van der Waals surface area contributed by atoms with Crippen LogP contribution in [0.2, 0.25) is 0 Å². The highest BCUT2D eigenvalue weighted by molar-refractivity contribution is 5.99. The van der Waals surface area contributed by atoms with E-state index < -0.39 is 0 Å². The molecule has 0 unspecified atom stereocenters. The van der Waals surface area contributed by atoms with Crippen molar-refractivity contribution < 1.29 is 18.7 Å². The fourth-order valence-corrected chi connectivity index (χ4v) is 3.75. The Kier molecular flexibility index (Phi) is 7.44. The summed E-state index contributed by atoms with van der Waals surface area (Å²) in [6.45, 7) is 3.53. The van der Waals surface area contributed by atoms with Crippen LogP contribution in [0.15, 0.2) is 84.9 Å². The van der Waals surface area contributed by atoms with Crippen LogP contribution in [0.3, 0.4) is 0 Å². The van der Waals surface area contributed by atoms with Crippen molar-refractivity contribution in [2.45, 2.75) is 19.9 Å². The average molecular weight is 487 g/mol. The van der Waals surface area contributed by atoms with Crippen molar-refractivity contribution in [2.24, 2.45) is 0 Å². The summed E-state index contributed by atoms with van der Waals surface area (Å²) in [5, 5.41) is 7.51. The van der Waals surface area contributed by atoms with Crippen molar-refractivity contribution in [1.29, 1.82) is 0 Å². The molecule has 1 aromatic heterocycles. The van der Waals surface area contributed by atoms with Crippen LogP contribution in [0.4, 0.5) is 10.2 Å². The smallest absolute Gasteiger partial charge is 0.254 e. The predicted octanol–water partition coefficient (Wildman–Crippen LogP) is 5.18. The number of aromatic nitrogens is 2. The van der Waals surface area contributed by atoms with Crippen LogP contribution in [0.25, 0.3) is 16.9 Å². The molecule has 7 nitrogen and oxygen atoms in total. The molecule has 0 radical (unpaired) electrons. The number of hydrogen-bond donors (Lipinski definition) is 1. The summed E-state index contributed by atoms with van der Waals surface area (Å²) in [7, 11) is 1.53. The van der Waals surface area contributed by atoms with Crippen LogP contribution in [0.5, 0.6) is 5.75 Å². The van der Waals surface area contributed by atoms with Gasteiger partial charge in [0.25, 0.3) is 5.91 Å². The predicted molar refractivity (Wildman–Crippen MR) is 137 cm³/mol. The first-order valence-electron chi connectivity index (χ1n) is 11.5. The van der Waals surface area contributed by atoms with Gasteiger partial charge in [-0.25, -0.2) is 9.07 Å². The number of carbonyl (C=O) groups is 2. The molecule has 4 aromatic rings. The molecule has 1 heterocycles. The number of amides is 2. The molecule has 4 rings (SSSR count). The second kappa shape index (κ2) is 10.9. The number of halogens is 1. The Bertz CT molecular complexity index is 1350. The van der Waals surface area contributed by atoms with E-state index in [-0.39, 0.29) is 30.2 Å². The third-order valence-corrected chi connectivity index (χ3v) is 5.63. The van der Waals surface area contributed by atoms with Gasteiger partial charge < -0.3 is 15.0 Å². The monoisotopic (exact) mass is 486 g/mol. The number of hydrogen-bond acceptors (Lipinski definition) is 4. The lowest BCUT2D eigenvalue weighted by molar-refractivity contribution is -0.117. The number of nitrogens with zero attached hydrogens (tertiary/aromatic N) is 3. The molecule has 0 fully saturated rings. The number of methoxy groups -OCH3 is 1. The summed E-state index contributed by atoms with van der Waals surface area (Å²) in [6, 6.07) is 23.7. The van der Waals surface area contributed by atoms with Crippen LogP contribution < -0.4 is 10.1 Å².